The van der Waals surface area contributed by atoms with E-state index >= 15 is 0 Å². The monoisotopic (exact) mass is 307 g/mol. The number of benzene rings is 1. The van der Waals surface area contributed by atoms with Gasteiger partial charge in [-0.15, -0.1) is 11.8 Å². The number of carboxylic acids is 1. The molecular weight excluding hydrogens is 286 g/mol. The molecule has 0 spiro atoms. The summed E-state index contributed by atoms with van der Waals surface area (Å²) in [7, 11) is 1.62. The second-order valence-corrected chi connectivity index (χ2v) is 6.31. The van der Waals surface area contributed by atoms with Gasteiger partial charge in [0.05, 0.1) is 5.56 Å². The van der Waals surface area contributed by atoms with E-state index in [9.17, 15) is 14.7 Å². The van der Waals surface area contributed by atoms with Crippen LogP contribution in [0.3, 0.4) is 0 Å². The molecule has 0 aromatic heterocycles. The highest BCUT2D eigenvalue weighted by Gasteiger charge is 2.45. The van der Waals surface area contributed by atoms with Gasteiger partial charge < -0.3 is 10.0 Å². The van der Waals surface area contributed by atoms with E-state index in [1.165, 1.54) is 16.7 Å². The summed E-state index contributed by atoms with van der Waals surface area (Å²) in [6.07, 6.45) is 5.73. The van der Waals surface area contributed by atoms with Gasteiger partial charge in [-0.2, -0.15) is 0 Å². The number of nitrogens with zero attached hydrogens (tertiary/aromatic N) is 1. The molecule has 4 nitrogen and oxygen atoms in total. The lowest BCUT2D eigenvalue weighted by Gasteiger charge is -2.41. The molecule has 1 aromatic carbocycles. The number of carbonyl (C=O) groups excluding carboxylic acids is 1. The van der Waals surface area contributed by atoms with Crippen LogP contribution in [-0.2, 0) is 4.79 Å². The van der Waals surface area contributed by atoms with E-state index in [2.05, 4.69) is 0 Å². The van der Waals surface area contributed by atoms with Gasteiger partial charge >= 0.3 is 5.97 Å². The first-order valence-corrected chi connectivity index (χ1v) is 8.40. The number of thioether (sulfide) groups is 1. The lowest BCUT2D eigenvalue weighted by molar-refractivity contribution is -0.151. The molecule has 1 N–H and O–H groups in total. The zero-order valence-electron chi connectivity index (χ0n) is 12.5. The van der Waals surface area contributed by atoms with Crippen LogP contribution in [0, 0.1) is 0 Å². The van der Waals surface area contributed by atoms with Crippen molar-refractivity contribution in [3.8, 4) is 0 Å². The van der Waals surface area contributed by atoms with Gasteiger partial charge in [0.15, 0.2) is 0 Å². The normalized spacial score (nSPS) is 17.2. The van der Waals surface area contributed by atoms with Crippen molar-refractivity contribution in [3.05, 3.63) is 29.8 Å². The van der Waals surface area contributed by atoms with E-state index in [0.29, 0.717) is 18.4 Å². The first-order valence-electron chi connectivity index (χ1n) is 7.17. The quantitative estimate of drug-likeness (QED) is 0.867. The molecule has 0 saturated heterocycles. The average Bonchev–Trinajstić information content (AvgIpc) is 2.53. The Balaban J connectivity index is 2.34. The number of likely N-dealkylation sites (N-methyl/N-ethyl adjacent to an activating group) is 1. The Morgan fingerprint density at radius 2 is 1.81 bits per heavy atom. The number of amides is 1. The summed E-state index contributed by atoms with van der Waals surface area (Å²) in [5, 5.41) is 9.68. The lowest BCUT2D eigenvalue weighted by atomic mass is 9.80. The molecule has 1 aliphatic carbocycles. The summed E-state index contributed by atoms with van der Waals surface area (Å²) in [4.78, 5) is 26.9. The van der Waals surface area contributed by atoms with Gasteiger partial charge in [-0.1, -0.05) is 31.4 Å². The fourth-order valence-electron chi connectivity index (χ4n) is 3.03. The van der Waals surface area contributed by atoms with Crippen molar-refractivity contribution in [1.82, 2.24) is 4.90 Å². The topological polar surface area (TPSA) is 57.6 Å². The minimum absolute atomic E-state index is 0.204. The first-order chi connectivity index (χ1) is 10.0. The van der Waals surface area contributed by atoms with Gasteiger partial charge in [-0.05, 0) is 31.2 Å². The van der Waals surface area contributed by atoms with Gasteiger partial charge in [-0.25, -0.2) is 4.79 Å². The van der Waals surface area contributed by atoms with Gasteiger partial charge in [0.1, 0.15) is 5.54 Å². The summed E-state index contributed by atoms with van der Waals surface area (Å²) in [5.41, 5.74) is -0.473. The summed E-state index contributed by atoms with van der Waals surface area (Å²) in [5.74, 6) is -1.09. The Bertz CT molecular complexity index is 538. The van der Waals surface area contributed by atoms with Crippen LogP contribution in [0.1, 0.15) is 42.5 Å². The SMILES string of the molecule is CSc1ccccc1C(=O)N(C)C1(C(=O)O)CCCCC1. The van der Waals surface area contributed by atoms with Gasteiger partial charge in [0, 0.05) is 11.9 Å². The number of hydrogen-bond donors (Lipinski definition) is 1. The van der Waals surface area contributed by atoms with E-state index in [0.717, 1.165) is 24.2 Å². The van der Waals surface area contributed by atoms with Crippen LogP contribution in [-0.4, -0.2) is 40.7 Å². The standard InChI is InChI=1S/C16H21NO3S/c1-17(16(15(19)20)10-6-3-7-11-16)14(18)12-8-4-5-9-13(12)21-2/h4-5,8-9H,3,6-7,10-11H2,1-2H3,(H,19,20). The molecule has 0 aliphatic heterocycles. The molecule has 0 unspecified atom stereocenters. The molecule has 0 radical (unpaired) electrons. The molecule has 1 saturated carbocycles. The fourth-order valence-corrected chi connectivity index (χ4v) is 3.62. The van der Waals surface area contributed by atoms with E-state index in [4.69, 9.17) is 0 Å². The maximum atomic E-state index is 12.8. The molecule has 1 aliphatic rings. The highest BCUT2D eigenvalue weighted by atomic mass is 32.2. The Morgan fingerprint density at radius 1 is 1.19 bits per heavy atom. The number of aliphatic carboxylic acids is 1. The van der Waals surface area contributed by atoms with Crippen LogP contribution >= 0.6 is 11.8 Å². The molecule has 21 heavy (non-hydrogen) atoms. The number of hydrogen-bond acceptors (Lipinski definition) is 3. The summed E-state index contributed by atoms with van der Waals surface area (Å²) >= 11 is 1.50. The summed E-state index contributed by atoms with van der Waals surface area (Å²) in [6.45, 7) is 0. The summed E-state index contributed by atoms with van der Waals surface area (Å²) < 4.78 is 0. The zero-order valence-corrected chi connectivity index (χ0v) is 13.3. The fraction of sp³-hybridized carbons (Fsp3) is 0.500. The highest BCUT2D eigenvalue weighted by molar-refractivity contribution is 7.98. The molecule has 1 fully saturated rings. The molecular formula is C16H21NO3S. The third-order valence-corrected chi connectivity index (χ3v) is 5.16. The van der Waals surface area contributed by atoms with Gasteiger partial charge in [-0.3, -0.25) is 4.79 Å². The molecule has 0 heterocycles. The second-order valence-electron chi connectivity index (χ2n) is 5.46. The number of carboxylic acid groups (broad SMARTS) is 1. The predicted octanol–water partition coefficient (Wildman–Crippen LogP) is 3.27. The summed E-state index contributed by atoms with van der Waals surface area (Å²) in [6, 6.07) is 7.36. The van der Waals surface area contributed by atoms with Crippen LogP contribution in [0.4, 0.5) is 0 Å². The Labute approximate surface area is 129 Å². The minimum Gasteiger partial charge on any atom is -0.479 e. The maximum Gasteiger partial charge on any atom is 0.329 e. The lowest BCUT2D eigenvalue weighted by Crippen LogP contribution is -2.56. The van der Waals surface area contributed by atoms with Crippen molar-refractivity contribution in [1.29, 1.82) is 0 Å². The second kappa shape index (κ2) is 6.52. The number of carbonyl (C=O) groups is 2. The van der Waals surface area contributed by atoms with Crippen LogP contribution in [0.15, 0.2) is 29.2 Å². The Morgan fingerprint density at radius 3 is 2.38 bits per heavy atom. The van der Waals surface area contributed by atoms with Gasteiger partial charge in [0.2, 0.25) is 0 Å². The Hall–Kier alpha value is -1.49. The predicted molar refractivity (Wildman–Crippen MR) is 83.8 cm³/mol. The van der Waals surface area contributed by atoms with Crippen molar-refractivity contribution in [2.75, 3.05) is 13.3 Å². The molecule has 5 heteroatoms. The third-order valence-electron chi connectivity index (χ3n) is 4.36. The minimum atomic E-state index is -1.05. The molecule has 1 aromatic rings. The van der Waals surface area contributed by atoms with Crippen LogP contribution in [0.5, 0.6) is 0 Å². The van der Waals surface area contributed by atoms with Gasteiger partial charge in [0.25, 0.3) is 5.91 Å². The van der Waals surface area contributed by atoms with E-state index in [1.807, 2.05) is 24.5 Å². The highest BCUT2D eigenvalue weighted by Crippen LogP contribution is 2.35. The molecule has 114 valence electrons. The molecule has 2 rings (SSSR count). The zero-order chi connectivity index (χ0) is 15.5. The maximum absolute atomic E-state index is 12.8. The smallest absolute Gasteiger partial charge is 0.329 e. The Kier molecular flexibility index (Phi) is 4.93. The van der Waals surface area contributed by atoms with Crippen molar-refractivity contribution in [3.63, 3.8) is 0 Å². The average molecular weight is 307 g/mol. The number of rotatable bonds is 4. The van der Waals surface area contributed by atoms with E-state index in [-0.39, 0.29) is 5.91 Å². The van der Waals surface area contributed by atoms with E-state index < -0.39 is 11.5 Å². The molecule has 0 bridgehead atoms. The van der Waals surface area contributed by atoms with Crippen LogP contribution in [0.2, 0.25) is 0 Å². The van der Waals surface area contributed by atoms with Crippen molar-refractivity contribution < 1.29 is 14.7 Å². The van der Waals surface area contributed by atoms with Crippen LogP contribution < -0.4 is 0 Å². The first kappa shape index (κ1) is 15.9. The van der Waals surface area contributed by atoms with E-state index in [1.54, 1.807) is 13.1 Å². The molecule has 1 amide bonds. The van der Waals surface area contributed by atoms with Crippen LogP contribution in [0.25, 0.3) is 0 Å². The molecule has 0 atom stereocenters. The largest absolute Gasteiger partial charge is 0.479 e. The van der Waals surface area contributed by atoms with Crippen molar-refractivity contribution in [2.24, 2.45) is 0 Å². The van der Waals surface area contributed by atoms with Crippen molar-refractivity contribution >= 4 is 23.6 Å². The third kappa shape index (κ3) is 2.93. The van der Waals surface area contributed by atoms with Crippen molar-refractivity contribution in [2.45, 2.75) is 42.5 Å².